The quantitative estimate of drug-likeness (QED) is 0.164. The summed E-state index contributed by atoms with van der Waals surface area (Å²) in [6, 6.07) is 61.9. The zero-order valence-electron chi connectivity index (χ0n) is 43.3. The van der Waals surface area contributed by atoms with E-state index >= 15 is 0 Å². The van der Waals surface area contributed by atoms with E-state index in [1.165, 1.54) is 142 Å². The van der Waals surface area contributed by atoms with Crippen LogP contribution in [-0.2, 0) is 21.7 Å². The molecule has 0 aromatic heterocycles. The van der Waals surface area contributed by atoms with Crippen molar-refractivity contribution >= 4 is 68.6 Å². The van der Waals surface area contributed by atoms with E-state index in [9.17, 15) is 0 Å². The van der Waals surface area contributed by atoms with Gasteiger partial charge in [-0.1, -0.05) is 171 Å². The van der Waals surface area contributed by atoms with E-state index < -0.39 is 0 Å². The summed E-state index contributed by atoms with van der Waals surface area (Å²) < 4.78 is 0. The molecule has 0 amide bonds. The van der Waals surface area contributed by atoms with Crippen molar-refractivity contribution in [3.63, 3.8) is 0 Å². The first-order chi connectivity index (χ1) is 34.0. The number of aryl methyl sites for hydroxylation is 1. The standard InChI is InChI=1S/C67H64BN3/c1-41-37-58-61-62-59(41)67(10)49-25-15-14-23-46(49)47-24-20-28-56(60(47)67)70(62)55-34-30-44(64(5,6)7)39-52(55)68(61)51-32-31-45(71-54-27-17-16-26-50(54)65(8)35-18-19-36-66(65,71)9)40-57(51)69(58)53-33-29-43(63(2,3)4)38-48(53)42-21-12-11-13-22-42/h11-17,20-34,37-40H,18-19,35-36H2,1-10H3. The van der Waals surface area contributed by atoms with Crippen molar-refractivity contribution in [2.75, 3.05) is 14.7 Å². The molecule has 6 aliphatic rings. The summed E-state index contributed by atoms with van der Waals surface area (Å²) in [6.45, 7) is 24.2. The maximum Gasteiger partial charge on any atom is 0.252 e. The van der Waals surface area contributed by atoms with Crippen LogP contribution in [0.25, 0.3) is 22.3 Å². The van der Waals surface area contributed by atoms with Crippen LogP contribution in [0.1, 0.15) is 127 Å². The number of benzene rings is 8. The van der Waals surface area contributed by atoms with Crippen LogP contribution in [-0.4, -0.2) is 12.3 Å². The minimum absolute atomic E-state index is 0.00593. The van der Waals surface area contributed by atoms with Crippen LogP contribution < -0.4 is 31.1 Å². The van der Waals surface area contributed by atoms with Crippen molar-refractivity contribution in [1.82, 2.24) is 0 Å². The van der Waals surface area contributed by atoms with Gasteiger partial charge < -0.3 is 14.7 Å². The van der Waals surface area contributed by atoms with Gasteiger partial charge in [-0.25, -0.2) is 0 Å². The molecule has 0 radical (unpaired) electrons. The molecule has 3 nitrogen and oxygen atoms in total. The zero-order valence-corrected chi connectivity index (χ0v) is 43.3. The lowest BCUT2D eigenvalue weighted by Crippen LogP contribution is -2.63. The fraction of sp³-hybridized carbons (Fsp3) is 0.284. The Morgan fingerprint density at radius 2 is 1.14 bits per heavy atom. The lowest BCUT2D eigenvalue weighted by atomic mass is 9.32. The predicted molar refractivity (Wildman–Crippen MR) is 302 cm³/mol. The van der Waals surface area contributed by atoms with Gasteiger partial charge in [0.05, 0.1) is 16.9 Å². The maximum atomic E-state index is 2.77. The summed E-state index contributed by atoms with van der Waals surface area (Å²) in [7, 11) is 0. The number of hydrogen-bond donors (Lipinski definition) is 0. The van der Waals surface area contributed by atoms with Crippen molar-refractivity contribution in [2.24, 2.45) is 0 Å². The smallest absolute Gasteiger partial charge is 0.252 e. The summed E-state index contributed by atoms with van der Waals surface area (Å²) in [5.74, 6) is 0. The molecule has 0 spiro atoms. The van der Waals surface area contributed by atoms with E-state index in [4.69, 9.17) is 0 Å². The molecule has 8 aromatic carbocycles. The van der Waals surface area contributed by atoms with Crippen LogP contribution in [0, 0.1) is 6.92 Å². The summed E-state index contributed by atoms with van der Waals surface area (Å²) in [5, 5.41) is 0. The molecule has 71 heavy (non-hydrogen) atoms. The molecule has 3 unspecified atom stereocenters. The SMILES string of the molecule is Cc1cc2c3c4c1C1(C)c5ccccc5-c5cccc(c51)N4c1ccc(C(C)(C)C)cc1B3c1ccc(N3c4ccccc4C4(C)CCCCC34C)cc1N2c1ccc(C(C)(C)C)cc1-c1ccccc1. The largest absolute Gasteiger partial charge is 0.334 e. The van der Waals surface area contributed by atoms with Gasteiger partial charge in [0.15, 0.2) is 0 Å². The molecule has 0 saturated heterocycles. The lowest BCUT2D eigenvalue weighted by Gasteiger charge is -2.52. The molecule has 0 N–H and O–H groups in total. The third-order valence-corrected chi connectivity index (χ3v) is 18.8. The van der Waals surface area contributed by atoms with Crippen molar-refractivity contribution in [2.45, 2.75) is 122 Å². The molecule has 1 saturated carbocycles. The molecule has 0 bridgehead atoms. The number of rotatable bonds is 3. The van der Waals surface area contributed by atoms with Crippen LogP contribution >= 0.6 is 0 Å². The van der Waals surface area contributed by atoms with Crippen LogP contribution in [0.2, 0.25) is 0 Å². The molecule has 3 atom stereocenters. The highest BCUT2D eigenvalue weighted by molar-refractivity contribution is 7.00. The normalized spacial score (nSPS) is 21.8. The molecule has 4 aliphatic heterocycles. The van der Waals surface area contributed by atoms with Crippen molar-refractivity contribution in [1.29, 1.82) is 0 Å². The lowest BCUT2D eigenvalue weighted by molar-refractivity contribution is 0.195. The number of hydrogen-bond acceptors (Lipinski definition) is 3. The molecule has 4 heteroatoms. The Bertz CT molecular complexity index is 3610. The second kappa shape index (κ2) is 14.2. The van der Waals surface area contributed by atoms with E-state index in [2.05, 4.69) is 242 Å². The molecular weight excluding hydrogens is 858 g/mol. The Balaban J connectivity index is 1.12. The van der Waals surface area contributed by atoms with Gasteiger partial charge in [0, 0.05) is 50.5 Å². The van der Waals surface area contributed by atoms with Crippen molar-refractivity contribution in [3.05, 3.63) is 197 Å². The van der Waals surface area contributed by atoms with E-state index in [0.717, 1.165) is 6.42 Å². The summed E-state index contributed by atoms with van der Waals surface area (Å²) in [6.07, 6.45) is 4.87. The first kappa shape index (κ1) is 43.0. The zero-order chi connectivity index (χ0) is 48.7. The van der Waals surface area contributed by atoms with E-state index in [-0.39, 0.29) is 33.9 Å². The molecule has 4 heterocycles. The first-order valence-corrected chi connectivity index (χ1v) is 26.4. The molecule has 8 aromatic rings. The highest BCUT2D eigenvalue weighted by Gasteiger charge is 2.59. The van der Waals surface area contributed by atoms with Crippen molar-refractivity contribution in [3.8, 4) is 22.3 Å². The Kier molecular flexibility index (Phi) is 8.62. The van der Waals surface area contributed by atoms with Crippen LogP contribution in [0.15, 0.2) is 158 Å². The number of para-hydroxylation sites is 1. The molecule has 2 aliphatic carbocycles. The third kappa shape index (κ3) is 5.47. The summed E-state index contributed by atoms with van der Waals surface area (Å²) >= 11 is 0. The second-order valence-electron chi connectivity index (χ2n) is 24.6. The van der Waals surface area contributed by atoms with Gasteiger partial charge in [0.25, 0.3) is 6.71 Å². The average Bonchev–Trinajstić information content (AvgIpc) is 3.76. The van der Waals surface area contributed by atoms with Gasteiger partial charge in [-0.2, -0.15) is 0 Å². The minimum atomic E-state index is -0.343. The van der Waals surface area contributed by atoms with E-state index in [1.807, 2.05) is 0 Å². The van der Waals surface area contributed by atoms with Crippen molar-refractivity contribution < 1.29 is 0 Å². The van der Waals surface area contributed by atoms with Gasteiger partial charge in [-0.05, 0) is 165 Å². The van der Waals surface area contributed by atoms with Gasteiger partial charge >= 0.3 is 0 Å². The van der Waals surface area contributed by atoms with Crippen LogP contribution in [0.5, 0.6) is 0 Å². The van der Waals surface area contributed by atoms with Gasteiger partial charge in [0.1, 0.15) is 0 Å². The fourth-order valence-corrected chi connectivity index (χ4v) is 15.1. The second-order valence-corrected chi connectivity index (χ2v) is 24.6. The molecular formula is C67H64BN3. The Morgan fingerprint density at radius 1 is 0.479 bits per heavy atom. The maximum absolute atomic E-state index is 2.77. The topological polar surface area (TPSA) is 9.72 Å². The monoisotopic (exact) mass is 922 g/mol. The number of fused-ring (bicyclic) bond motifs is 13. The van der Waals surface area contributed by atoms with E-state index in [1.54, 1.807) is 0 Å². The highest BCUT2D eigenvalue weighted by Crippen LogP contribution is 2.65. The Labute approximate surface area is 422 Å². The van der Waals surface area contributed by atoms with Gasteiger partial charge in [0.2, 0.25) is 0 Å². The molecule has 350 valence electrons. The van der Waals surface area contributed by atoms with E-state index in [0.29, 0.717) is 0 Å². The minimum Gasteiger partial charge on any atom is -0.334 e. The average molecular weight is 922 g/mol. The Hall–Kier alpha value is -6.78. The highest BCUT2D eigenvalue weighted by atomic mass is 15.3. The first-order valence-electron chi connectivity index (χ1n) is 26.4. The molecule has 1 fully saturated rings. The van der Waals surface area contributed by atoms with Crippen LogP contribution in [0.4, 0.5) is 45.5 Å². The summed E-state index contributed by atoms with van der Waals surface area (Å²) in [5.41, 5.74) is 29.0. The fourth-order valence-electron chi connectivity index (χ4n) is 15.1. The summed E-state index contributed by atoms with van der Waals surface area (Å²) in [4.78, 5) is 8.19. The number of nitrogens with zero attached hydrogens (tertiary/aromatic N) is 3. The molecule has 14 rings (SSSR count). The Morgan fingerprint density at radius 3 is 1.92 bits per heavy atom. The predicted octanol–water partition coefficient (Wildman–Crippen LogP) is 15.7. The van der Waals surface area contributed by atoms with Gasteiger partial charge in [-0.3, -0.25) is 0 Å². The van der Waals surface area contributed by atoms with Gasteiger partial charge in [-0.15, -0.1) is 0 Å². The third-order valence-electron chi connectivity index (χ3n) is 18.8. The van der Waals surface area contributed by atoms with Crippen LogP contribution in [0.3, 0.4) is 0 Å². The number of anilines is 8.